The van der Waals surface area contributed by atoms with E-state index in [4.69, 9.17) is 0 Å². The van der Waals surface area contributed by atoms with E-state index >= 15 is 0 Å². The van der Waals surface area contributed by atoms with Crippen LogP contribution >= 0.6 is 0 Å². The van der Waals surface area contributed by atoms with E-state index in [0.29, 0.717) is 6.42 Å². The zero-order valence-electron chi connectivity index (χ0n) is 13.5. The van der Waals surface area contributed by atoms with E-state index in [2.05, 4.69) is 10.4 Å². The van der Waals surface area contributed by atoms with Crippen LogP contribution in [0.15, 0.2) is 67.0 Å². The topological polar surface area (TPSA) is 67.2 Å². The summed E-state index contributed by atoms with van der Waals surface area (Å²) >= 11 is 0. The van der Waals surface area contributed by atoms with Crippen molar-refractivity contribution in [1.29, 1.82) is 0 Å². The summed E-state index contributed by atoms with van der Waals surface area (Å²) in [4.78, 5) is 12.5. The van der Waals surface area contributed by atoms with Crippen LogP contribution in [-0.2, 0) is 0 Å². The van der Waals surface area contributed by atoms with Gasteiger partial charge in [-0.1, -0.05) is 30.3 Å². The van der Waals surface area contributed by atoms with E-state index in [-0.39, 0.29) is 23.9 Å². The Kier molecular flexibility index (Phi) is 5.20. The molecule has 2 N–H and O–H groups in total. The molecule has 1 heterocycles. The molecule has 3 aromatic rings. The van der Waals surface area contributed by atoms with E-state index in [1.807, 2.05) is 30.3 Å². The molecule has 0 aliphatic heterocycles. The molecule has 0 saturated carbocycles. The molecule has 1 unspecified atom stereocenters. The van der Waals surface area contributed by atoms with Gasteiger partial charge in [0.1, 0.15) is 11.5 Å². The zero-order chi connectivity index (χ0) is 17.6. The number of nitrogens with one attached hydrogen (secondary N) is 1. The molecule has 2 aromatic carbocycles. The molecular weight excluding hydrogens is 321 g/mol. The molecule has 0 aliphatic rings. The number of aliphatic hydroxyl groups is 1. The Morgan fingerprint density at radius 1 is 1.20 bits per heavy atom. The smallest absolute Gasteiger partial charge is 0.251 e. The van der Waals surface area contributed by atoms with E-state index in [1.54, 1.807) is 24.5 Å². The Hall–Kier alpha value is -2.99. The number of hydrogen-bond donors (Lipinski definition) is 2. The number of amides is 1. The molecule has 1 aromatic heterocycles. The van der Waals surface area contributed by atoms with Crippen molar-refractivity contribution < 1.29 is 14.3 Å². The molecule has 0 fully saturated rings. The molecule has 0 aliphatic carbocycles. The summed E-state index contributed by atoms with van der Waals surface area (Å²) in [7, 11) is 0. The monoisotopic (exact) mass is 339 g/mol. The highest BCUT2D eigenvalue weighted by molar-refractivity contribution is 5.94. The molecule has 1 atom stereocenters. The standard InChI is InChI=1S/C19H18FN3O2/c20-16-13-15(7-8-18(16)23-11-4-10-21-23)19(25)22-17(9-12-24)14-5-2-1-3-6-14/h1-8,10-11,13,17,24H,9,12H2,(H,22,25). The quantitative estimate of drug-likeness (QED) is 0.726. The SMILES string of the molecule is O=C(NC(CCO)c1ccccc1)c1ccc(-n2cccn2)c(F)c1. The number of hydrogen-bond acceptors (Lipinski definition) is 3. The molecule has 25 heavy (non-hydrogen) atoms. The van der Waals surface area contributed by atoms with Crippen molar-refractivity contribution in [1.82, 2.24) is 15.1 Å². The fourth-order valence-electron chi connectivity index (χ4n) is 2.62. The predicted molar refractivity (Wildman–Crippen MR) is 91.9 cm³/mol. The Morgan fingerprint density at radius 2 is 2.00 bits per heavy atom. The Balaban J connectivity index is 1.79. The van der Waals surface area contributed by atoms with Crippen molar-refractivity contribution in [2.45, 2.75) is 12.5 Å². The zero-order valence-corrected chi connectivity index (χ0v) is 13.5. The van der Waals surface area contributed by atoms with Gasteiger partial charge in [0.2, 0.25) is 0 Å². The first-order chi connectivity index (χ1) is 12.2. The van der Waals surface area contributed by atoms with Crippen LogP contribution in [0.5, 0.6) is 0 Å². The first-order valence-corrected chi connectivity index (χ1v) is 7.95. The van der Waals surface area contributed by atoms with Crippen molar-refractivity contribution in [3.63, 3.8) is 0 Å². The molecule has 128 valence electrons. The summed E-state index contributed by atoms with van der Waals surface area (Å²) in [5, 5.41) is 16.1. The molecule has 0 spiro atoms. The molecular formula is C19H18FN3O2. The summed E-state index contributed by atoms with van der Waals surface area (Å²) < 4.78 is 15.7. The summed E-state index contributed by atoms with van der Waals surface area (Å²) in [6.45, 7) is -0.0631. The molecule has 5 nitrogen and oxygen atoms in total. The number of rotatable bonds is 6. The Bertz CT molecular complexity index is 835. The van der Waals surface area contributed by atoms with Gasteiger partial charge in [-0.2, -0.15) is 5.10 Å². The van der Waals surface area contributed by atoms with Crippen LogP contribution in [0.3, 0.4) is 0 Å². The molecule has 6 heteroatoms. The predicted octanol–water partition coefficient (Wildman–Crippen LogP) is 2.86. The van der Waals surface area contributed by atoms with Gasteiger partial charge in [0.05, 0.1) is 6.04 Å². The lowest BCUT2D eigenvalue weighted by Crippen LogP contribution is -2.29. The molecule has 0 bridgehead atoms. The van der Waals surface area contributed by atoms with Gasteiger partial charge in [-0.25, -0.2) is 9.07 Å². The Labute approximate surface area is 144 Å². The van der Waals surface area contributed by atoms with E-state index in [1.165, 1.54) is 16.8 Å². The van der Waals surface area contributed by atoms with E-state index in [9.17, 15) is 14.3 Å². The second-order valence-electron chi connectivity index (χ2n) is 5.57. The van der Waals surface area contributed by atoms with Crippen LogP contribution in [0.2, 0.25) is 0 Å². The third kappa shape index (κ3) is 3.92. The average Bonchev–Trinajstić information content (AvgIpc) is 3.16. The van der Waals surface area contributed by atoms with Crippen molar-refractivity contribution in [2.75, 3.05) is 6.61 Å². The van der Waals surface area contributed by atoms with Gasteiger partial charge < -0.3 is 10.4 Å². The van der Waals surface area contributed by atoms with Gasteiger partial charge in [-0.05, 0) is 36.2 Å². The van der Waals surface area contributed by atoms with Crippen LogP contribution in [-0.4, -0.2) is 27.4 Å². The maximum absolute atomic E-state index is 14.3. The van der Waals surface area contributed by atoms with Gasteiger partial charge in [0.15, 0.2) is 0 Å². The highest BCUT2D eigenvalue weighted by atomic mass is 19.1. The molecule has 1 amide bonds. The average molecular weight is 339 g/mol. The highest BCUT2D eigenvalue weighted by Crippen LogP contribution is 2.19. The van der Waals surface area contributed by atoms with Crippen molar-refractivity contribution in [2.24, 2.45) is 0 Å². The van der Waals surface area contributed by atoms with Crippen LogP contribution in [0.4, 0.5) is 4.39 Å². The first-order valence-electron chi connectivity index (χ1n) is 7.95. The van der Waals surface area contributed by atoms with Crippen LogP contribution in [0.25, 0.3) is 5.69 Å². The number of nitrogens with zero attached hydrogens (tertiary/aromatic N) is 2. The van der Waals surface area contributed by atoms with Crippen LogP contribution in [0, 0.1) is 5.82 Å². The molecule has 3 rings (SSSR count). The van der Waals surface area contributed by atoms with Gasteiger partial charge in [0, 0.05) is 24.6 Å². The number of halogens is 1. The van der Waals surface area contributed by atoms with Crippen LogP contribution in [0.1, 0.15) is 28.4 Å². The first kappa shape index (κ1) is 16.9. The summed E-state index contributed by atoms with van der Waals surface area (Å²) in [5.74, 6) is -0.928. The minimum absolute atomic E-state index is 0.0631. The number of aliphatic hydroxyl groups excluding tert-OH is 1. The van der Waals surface area contributed by atoms with Gasteiger partial charge in [-0.3, -0.25) is 4.79 Å². The fraction of sp³-hybridized carbons (Fsp3) is 0.158. The summed E-state index contributed by atoms with van der Waals surface area (Å²) in [6.07, 6.45) is 3.56. The lowest BCUT2D eigenvalue weighted by molar-refractivity contribution is 0.0929. The third-order valence-electron chi connectivity index (χ3n) is 3.89. The number of benzene rings is 2. The number of carbonyl (C=O) groups excluding carboxylic acids is 1. The minimum atomic E-state index is -0.533. The van der Waals surface area contributed by atoms with E-state index in [0.717, 1.165) is 5.56 Å². The maximum atomic E-state index is 14.3. The summed E-state index contributed by atoms with van der Waals surface area (Å²) in [5.41, 5.74) is 1.38. The van der Waals surface area contributed by atoms with Gasteiger partial charge in [-0.15, -0.1) is 0 Å². The lowest BCUT2D eigenvalue weighted by Gasteiger charge is -2.18. The molecule has 0 saturated heterocycles. The largest absolute Gasteiger partial charge is 0.396 e. The summed E-state index contributed by atoms with van der Waals surface area (Å²) in [6, 6.07) is 15.0. The molecule has 0 radical (unpaired) electrons. The number of aromatic nitrogens is 2. The third-order valence-corrected chi connectivity index (χ3v) is 3.89. The second-order valence-corrected chi connectivity index (χ2v) is 5.57. The minimum Gasteiger partial charge on any atom is -0.396 e. The fourth-order valence-corrected chi connectivity index (χ4v) is 2.62. The van der Waals surface area contributed by atoms with E-state index < -0.39 is 11.7 Å². The highest BCUT2D eigenvalue weighted by Gasteiger charge is 2.17. The Morgan fingerprint density at radius 3 is 2.64 bits per heavy atom. The van der Waals surface area contributed by atoms with Gasteiger partial charge in [0.25, 0.3) is 5.91 Å². The maximum Gasteiger partial charge on any atom is 0.251 e. The van der Waals surface area contributed by atoms with Crippen LogP contribution < -0.4 is 5.32 Å². The lowest BCUT2D eigenvalue weighted by atomic mass is 10.0. The van der Waals surface area contributed by atoms with Crippen molar-refractivity contribution in [3.8, 4) is 5.69 Å². The normalized spacial score (nSPS) is 11.9. The van der Waals surface area contributed by atoms with Crippen molar-refractivity contribution in [3.05, 3.63) is 83.9 Å². The second kappa shape index (κ2) is 7.72. The van der Waals surface area contributed by atoms with Gasteiger partial charge >= 0.3 is 0 Å². The van der Waals surface area contributed by atoms with Crippen molar-refractivity contribution >= 4 is 5.91 Å². The number of carbonyl (C=O) groups is 1.